The maximum atomic E-state index is 12.9. The maximum absolute atomic E-state index is 12.9. The van der Waals surface area contributed by atoms with Crippen LogP contribution in [0.25, 0.3) is 5.52 Å². The van der Waals surface area contributed by atoms with E-state index in [0.717, 1.165) is 49.0 Å². The van der Waals surface area contributed by atoms with Crippen molar-refractivity contribution in [2.24, 2.45) is 0 Å². The molecular weight excluding hydrogens is 364 g/mol. The van der Waals surface area contributed by atoms with Crippen LogP contribution in [0.1, 0.15) is 29.6 Å². The highest BCUT2D eigenvalue weighted by molar-refractivity contribution is 5.95. The SMILES string of the molecule is O=C(c1cc2ccccn2c1)N1CCN(c2ccnc(N3CCCCC3)n2)CC1. The van der Waals surface area contributed by atoms with Crippen LogP contribution in [0, 0.1) is 0 Å². The Balaban J connectivity index is 1.25. The molecule has 5 heterocycles. The molecule has 2 aliphatic heterocycles. The lowest BCUT2D eigenvalue weighted by Crippen LogP contribution is -2.49. The Morgan fingerprint density at radius 3 is 2.52 bits per heavy atom. The van der Waals surface area contributed by atoms with Gasteiger partial charge in [0.25, 0.3) is 5.91 Å². The van der Waals surface area contributed by atoms with Gasteiger partial charge >= 0.3 is 0 Å². The first-order valence-electron chi connectivity index (χ1n) is 10.5. The third-order valence-electron chi connectivity index (χ3n) is 5.91. The lowest BCUT2D eigenvalue weighted by Gasteiger charge is -2.35. The van der Waals surface area contributed by atoms with Crippen LogP contribution < -0.4 is 9.80 Å². The molecule has 0 aromatic carbocycles. The standard InChI is InChI=1S/C22H26N6O/c29-21(18-16-19-6-2-5-11-28(19)17-18)26-14-12-25(13-15-26)20-7-8-23-22(24-20)27-9-3-1-4-10-27/h2,5-8,11,16-17H,1,3-4,9-10,12-15H2. The zero-order chi connectivity index (χ0) is 19.6. The summed E-state index contributed by atoms with van der Waals surface area (Å²) in [6, 6.07) is 9.92. The van der Waals surface area contributed by atoms with E-state index in [9.17, 15) is 4.79 Å². The Labute approximate surface area is 170 Å². The molecule has 0 saturated carbocycles. The normalized spacial score (nSPS) is 17.7. The van der Waals surface area contributed by atoms with Gasteiger partial charge in [0.05, 0.1) is 5.56 Å². The van der Waals surface area contributed by atoms with E-state index in [0.29, 0.717) is 13.1 Å². The Bertz CT molecular complexity index is 968. The van der Waals surface area contributed by atoms with Gasteiger partial charge < -0.3 is 19.1 Å². The number of hydrogen-bond acceptors (Lipinski definition) is 5. The van der Waals surface area contributed by atoms with Gasteiger partial charge in [-0.25, -0.2) is 4.98 Å². The van der Waals surface area contributed by atoms with Gasteiger partial charge in [0, 0.05) is 63.4 Å². The van der Waals surface area contributed by atoms with E-state index in [1.165, 1.54) is 19.3 Å². The lowest BCUT2D eigenvalue weighted by molar-refractivity contribution is 0.0746. The Kier molecular flexibility index (Phi) is 4.79. The summed E-state index contributed by atoms with van der Waals surface area (Å²) in [5, 5.41) is 0. The molecule has 0 bridgehead atoms. The zero-order valence-corrected chi connectivity index (χ0v) is 16.6. The molecule has 7 nitrogen and oxygen atoms in total. The van der Waals surface area contributed by atoms with Crippen LogP contribution in [0.5, 0.6) is 0 Å². The lowest BCUT2D eigenvalue weighted by atomic mass is 10.1. The number of nitrogens with zero attached hydrogens (tertiary/aromatic N) is 6. The van der Waals surface area contributed by atoms with Crippen molar-refractivity contribution in [1.29, 1.82) is 0 Å². The highest BCUT2D eigenvalue weighted by atomic mass is 16.2. The first-order chi connectivity index (χ1) is 14.3. The number of anilines is 2. The molecule has 7 heteroatoms. The fraction of sp³-hybridized carbons (Fsp3) is 0.409. The summed E-state index contributed by atoms with van der Waals surface area (Å²) in [5.74, 6) is 1.90. The molecule has 2 fully saturated rings. The highest BCUT2D eigenvalue weighted by Gasteiger charge is 2.24. The molecule has 3 aromatic rings. The third-order valence-corrected chi connectivity index (χ3v) is 5.91. The number of hydrogen-bond donors (Lipinski definition) is 0. The van der Waals surface area contributed by atoms with Crippen LogP contribution in [0.3, 0.4) is 0 Å². The van der Waals surface area contributed by atoms with Gasteiger partial charge in [0.15, 0.2) is 0 Å². The maximum Gasteiger partial charge on any atom is 0.255 e. The molecule has 0 radical (unpaired) electrons. The second kappa shape index (κ2) is 7.73. The number of piperidine rings is 1. The second-order valence-corrected chi connectivity index (χ2v) is 7.80. The fourth-order valence-corrected chi connectivity index (χ4v) is 4.26. The second-order valence-electron chi connectivity index (χ2n) is 7.80. The largest absolute Gasteiger partial charge is 0.353 e. The van der Waals surface area contributed by atoms with Crippen LogP contribution in [0.15, 0.2) is 48.9 Å². The van der Waals surface area contributed by atoms with Crippen molar-refractivity contribution in [1.82, 2.24) is 19.3 Å². The number of aromatic nitrogens is 3. The predicted molar refractivity (Wildman–Crippen MR) is 114 cm³/mol. The van der Waals surface area contributed by atoms with Crippen molar-refractivity contribution in [3.05, 3.63) is 54.5 Å². The number of amides is 1. The van der Waals surface area contributed by atoms with Crippen molar-refractivity contribution in [3.63, 3.8) is 0 Å². The van der Waals surface area contributed by atoms with Gasteiger partial charge in [0.1, 0.15) is 5.82 Å². The monoisotopic (exact) mass is 390 g/mol. The Morgan fingerprint density at radius 2 is 1.72 bits per heavy atom. The van der Waals surface area contributed by atoms with Crippen molar-refractivity contribution >= 4 is 23.2 Å². The molecule has 0 atom stereocenters. The number of piperazine rings is 1. The molecule has 29 heavy (non-hydrogen) atoms. The molecule has 1 amide bonds. The Hall–Kier alpha value is -3.09. The summed E-state index contributed by atoms with van der Waals surface area (Å²) in [5.41, 5.74) is 1.79. The van der Waals surface area contributed by atoms with E-state index < -0.39 is 0 Å². The summed E-state index contributed by atoms with van der Waals surface area (Å²) in [6.45, 7) is 5.06. The molecule has 2 saturated heterocycles. The van der Waals surface area contributed by atoms with E-state index in [4.69, 9.17) is 4.98 Å². The summed E-state index contributed by atoms with van der Waals surface area (Å²) < 4.78 is 1.99. The molecule has 0 N–H and O–H groups in total. The summed E-state index contributed by atoms with van der Waals surface area (Å²) in [6.07, 6.45) is 9.46. The molecule has 0 spiro atoms. The molecule has 150 valence electrons. The minimum absolute atomic E-state index is 0.102. The first kappa shape index (κ1) is 18.0. The summed E-state index contributed by atoms with van der Waals surface area (Å²) >= 11 is 0. The average molecular weight is 390 g/mol. The number of carbonyl (C=O) groups excluding carboxylic acids is 1. The van der Waals surface area contributed by atoms with Crippen molar-refractivity contribution in [2.45, 2.75) is 19.3 Å². The zero-order valence-electron chi connectivity index (χ0n) is 16.6. The molecule has 2 aliphatic rings. The van der Waals surface area contributed by atoms with Crippen LogP contribution in [-0.2, 0) is 0 Å². The third kappa shape index (κ3) is 3.64. The van der Waals surface area contributed by atoms with Crippen LogP contribution in [-0.4, -0.2) is 64.4 Å². The molecule has 0 unspecified atom stereocenters. The molecule has 3 aromatic heterocycles. The van der Waals surface area contributed by atoms with Crippen molar-refractivity contribution in [2.75, 3.05) is 49.1 Å². The molecule has 0 aliphatic carbocycles. The van der Waals surface area contributed by atoms with Gasteiger partial charge in [-0.15, -0.1) is 0 Å². The smallest absolute Gasteiger partial charge is 0.255 e. The van der Waals surface area contributed by atoms with E-state index in [-0.39, 0.29) is 5.91 Å². The number of carbonyl (C=O) groups is 1. The number of pyridine rings is 1. The van der Waals surface area contributed by atoms with Gasteiger partial charge in [0.2, 0.25) is 5.95 Å². The number of fused-ring (bicyclic) bond motifs is 1. The first-order valence-corrected chi connectivity index (χ1v) is 10.5. The molecular formula is C22H26N6O. The minimum Gasteiger partial charge on any atom is -0.353 e. The van der Waals surface area contributed by atoms with E-state index >= 15 is 0 Å². The van der Waals surface area contributed by atoms with Crippen LogP contribution in [0.2, 0.25) is 0 Å². The van der Waals surface area contributed by atoms with E-state index in [1.54, 1.807) is 0 Å². The van der Waals surface area contributed by atoms with Crippen LogP contribution >= 0.6 is 0 Å². The quantitative estimate of drug-likeness (QED) is 0.688. The molecule has 5 rings (SSSR count). The topological polar surface area (TPSA) is 57.0 Å². The van der Waals surface area contributed by atoms with Crippen molar-refractivity contribution in [3.8, 4) is 0 Å². The van der Waals surface area contributed by atoms with E-state index in [2.05, 4.69) is 14.8 Å². The van der Waals surface area contributed by atoms with Crippen LogP contribution in [0.4, 0.5) is 11.8 Å². The van der Waals surface area contributed by atoms with Gasteiger partial charge in [-0.05, 0) is 43.5 Å². The fourth-order valence-electron chi connectivity index (χ4n) is 4.26. The van der Waals surface area contributed by atoms with Gasteiger partial charge in [-0.3, -0.25) is 4.79 Å². The highest BCUT2D eigenvalue weighted by Crippen LogP contribution is 2.21. The Morgan fingerprint density at radius 1 is 0.897 bits per heavy atom. The summed E-state index contributed by atoms with van der Waals surface area (Å²) in [4.78, 5) is 28.7. The number of rotatable bonds is 3. The minimum atomic E-state index is 0.102. The van der Waals surface area contributed by atoms with Crippen molar-refractivity contribution < 1.29 is 4.79 Å². The van der Waals surface area contributed by atoms with E-state index in [1.807, 2.05) is 58.2 Å². The summed E-state index contributed by atoms with van der Waals surface area (Å²) in [7, 11) is 0. The van der Waals surface area contributed by atoms with Gasteiger partial charge in [-0.1, -0.05) is 6.07 Å². The predicted octanol–water partition coefficient (Wildman–Crippen LogP) is 2.68. The van der Waals surface area contributed by atoms with Gasteiger partial charge in [-0.2, -0.15) is 4.98 Å². The average Bonchev–Trinajstić information content (AvgIpc) is 3.24.